The summed E-state index contributed by atoms with van der Waals surface area (Å²) >= 11 is 6.02. The van der Waals surface area contributed by atoms with Gasteiger partial charge in [-0.3, -0.25) is 9.59 Å². The molecule has 0 aliphatic rings. The smallest absolute Gasteiger partial charge is 0.320 e. The van der Waals surface area contributed by atoms with E-state index in [1.807, 2.05) is 0 Å². The molecule has 1 rings (SSSR count). The number of hydrogen-bond donors (Lipinski definition) is 0. The van der Waals surface area contributed by atoms with E-state index in [1.165, 1.54) is 7.11 Å². The second-order valence-electron chi connectivity index (χ2n) is 4.28. The number of benzene rings is 1. The summed E-state index contributed by atoms with van der Waals surface area (Å²) in [6, 6.07) is 5.05. The number of methoxy groups -OCH3 is 1. The minimum absolute atomic E-state index is 0.0230. The zero-order chi connectivity index (χ0) is 15.8. The fourth-order valence-corrected chi connectivity index (χ4v) is 1.88. The molecule has 5 nitrogen and oxygen atoms in total. The van der Waals surface area contributed by atoms with Gasteiger partial charge >= 0.3 is 11.9 Å². The van der Waals surface area contributed by atoms with Gasteiger partial charge in [0, 0.05) is 10.6 Å². The van der Waals surface area contributed by atoms with Crippen LogP contribution >= 0.6 is 11.6 Å². The fraction of sp³-hybridized carbons (Fsp3) is 0.467. The molecule has 116 valence electrons. The van der Waals surface area contributed by atoms with Gasteiger partial charge in [0.25, 0.3) is 0 Å². The van der Waals surface area contributed by atoms with Crippen LogP contribution in [0.1, 0.15) is 25.8 Å². The van der Waals surface area contributed by atoms with Crippen LogP contribution < -0.4 is 4.74 Å². The normalized spacial score (nSPS) is 11.6. The van der Waals surface area contributed by atoms with Crippen molar-refractivity contribution >= 4 is 23.5 Å². The Morgan fingerprint density at radius 1 is 1.19 bits per heavy atom. The summed E-state index contributed by atoms with van der Waals surface area (Å²) in [6.07, 6.45) is 0.323. The second kappa shape index (κ2) is 8.52. The Balaban J connectivity index is 2.69. The molecule has 0 fully saturated rings. The Morgan fingerprint density at radius 3 is 2.43 bits per heavy atom. The first kappa shape index (κ1) is 17.3. The van der Waals surface area contributed by atoms with Crippen molar-refractivity contribution in [3.05, 3.63) is 28.8 Å². The van der Waals surface area contributed by atoms with Crippen molar-refractivity contribution in [1.82, 2.24) is 0 Å². The lowest BCUT2D eigenvalue weighted by Gasteiger charge is -2.13. The van der Waals surface area contributed by atoms with Crippen LogP contribution in [0.25, 0.3) is 0 Å². The fourth-order valence-electron chi connectivity index (χ4n) is 1.71. The molecule has 0 aliphatic carbocycles. The van der Waals surface area contributed by atoms with E-state index in [0.29, 0.717) is 22.8 Å². The van der Waals surface area contributed by atoms with Gasteiger partial charge in [-0.25, -0.2) is 0 Å². The van der Waals surface area contributed by atoms with Gasteiger partial charge in [-0.1, -0.05) is 18.5 Å². The highest BCUT2D eigenvalue weighted by Gasteiger charge is 2.27. The predicted molar refractivity (Wildman–Crippen MR) is 78.2 cm³/mol. The zero-order valence-corrected chi connectivity index (χ0v) is 13.1. The summed E-state index contributed by atoms with van der Waals surface area (Å²) in [5.74, 6) is -1.48. The molecule has 1 aromatic carbocycles. The number of ether oxygens (including phenoxy) is 3. The first-order valence-corrected chi connectivity index (χ1v) is 7.06. The van der Waals surface area contributed by atoms with Gasteiger partial charge in [-0.2, -0.15) is 0 Å². The van der Waals surface area contributed by atoms with Crippen molar-refractivity contribution in [2.24, 2.45) is 5.92 Å². The van der Waals surface area contributed by atoms with Gasteiger partial charge in [0.05, 0.1) is 13.7 Å². The van der Waals surface area contributed by atoms with Gasteiger partial charge in [-0.05, 0) is 31.5 Å². The van der Waals surface area contributed by atoms with Gasteiger partial charge in [0.1, 0.15) is 12.4 Å². The van der Waals surface area contributed by atoms with E-state index in [4.69, 9.17) is 25.8 Å². The molecule has 0 aromatic heterocycles. The average molecular weight is 315 g/mol. The van der Waals surface area contributed by atoms with Crippen LogP contribution in [-0.4, -0.2) is 25.7 Å². The highest BCUT2D eigenvalue weighted by molar-refractivity contribution is 6.31. The number of esters is 2. The van der Waals surface area contributed by atoms with Crippen LogP contribution in [0.3, 0.4) is 0 Å². The highest BCUT2D eigenvalue weighted by Crippen LogP contribution is 2.23. The predicted octanol–water partition coefficient (Wildman–Crippen LogP) is 2.98. The number of carbonyl (C=O) groups excluding carboxylic acids is 2. The van der Waals surface area contributed by atoms with Gasteiger partial charge in [0.15, 0.2) is 5.92 Å². The van der Waals surface area contributed by atoms with Gasteiger partial charge < -0.3 is 14.2 Å². The molecule has 0 bridgehead atoms. The van der Waals surface area contributed by atoms with Crippen molar-refractivity contribution in [1.29, 1.82) is 0 Å². The van der Waals surface area contributed by atoms with Crippen LogP contribution in [0, 0.1) is 5.92 Å². The number of carbonyl (C=O) groups is 2. The summed E-state index contributed by atoms with van der Waals surface area (Å²) in [7, 11) is 1.53. The van der Waals surface area contributed by atoms with Crippen molar-refractivity contribution in [2.75, 3.05) is 13.7 Å². The number of halogens is 1. The summed E-state index contributed by atoms with van der Waals surface area (Å²) in [6.45, 7) is 3.61. The standard InChI is InChI=1S/C15H19ClO5/c1-4-12(14(17)20-5-2)15(18)21-9-10-8-11(19-3)6-7-13(10)16/h6-8,12H,4-5,9H2,1-3H3. The van der Waals surface area contributed by atoms with Gasteiger partial charge in [-0.15, -0.1) is 0 Å². The summed E-state index contributed by atoms with van der Waals surface area (Å²) in [5.41, 5.74) is 0.614. The van der Waals surface area contributed by atoms with E-state index in [-0.39, 0.29) is 13.2 Å². The Morgan fingerprint density at radius 2 is 1.86 bits per heavy atom. The average Bonchev–Trinajstić information content (AvgIpc) is 2.47. The number of hydrogen-bond acceptors (Lipinski definition) is 5. The lowest BCUT2D eigenvalue weighted by molar-refractivity contribution is -0.162. The van der Waals surface area contributed by atoms with Crippen molar-refractivity contribution in [3.63, 3.8) is 0 Å². The van der Waals surface area contributed by atoms with Crippen molar-refractivity contribution in [3.8, 4) is 5.75 Å². The molecule has 1 unspecified atom stereocenters. The Labute approximate surface area is 129 Å². The molecule has 0 N–H and O–H groups in total. The number of rotatable bonds is 7. The second-order valence-corrected chi connectivity index (χ2v) is 4.69. The maximum absolute atomic E-state index is 11.9. The third kappa shape index (κ3) is 4.93. The molecule has 0 saturated heterocycles. The first-order chi connectivity index (χ1) is 10.0. The maximum Gasteiger partial charge on any atom is 0.320 e. The molecular formula is C15H19ClO5. The monoisotopic (exact) mass is 314 g/mol. The van der Waals surface area contributed by atoms with E-state index >= 15 is 0 Å². The van der Waals surface area contributed by atoms with Crippen molar-refractivity contribution in [2.45, 2.75) is 26.9 Å². The summed E-state index contributed by atoms with van der Waals surface area (Å²) in [4.78, 5) is 23.6. The molecule has 0 radical (unpaired) electrons. The molecule has 0 heterocycles. The molecule has 21 heavy (non-hydrogen) atoms. The Bertz CT molecular complexity index is 501. The molecule has 0 amide bonds. The molecule has 0 spiro atoms. The van der Waals surface area contributed by atoms with E-state index in [2.05, 4.69) is 0 Å². The van der Waals surface area contributed by atoms with Crippen LogP contribution in [-0.2, 0) is 25.7 Å². The van der Waals surface area contributed by atoms with Crippen LogP contribution in [0.4, 0.5) is 0 Å². The van der Waals surface area contributed by atoms with Crippen LogP contribution in [0.15, 0.2) is 18.2 Å². The van der Waals surface area contributed by atoms with E-state index < -0.39 is 17.9 Å². The van der Waals surface area contributed by atoms with Crippen molar-refractivity contribution < 1.29 is 23.8 Å². The summed E-state index contributed by atoms with van der Waals surface area (Å²) < 4.78 is 15.1. The lowest BCUT2D eigenvalue weighted by atomic mass is 10.1. The Hall–Kier alpha value is -1.75. The third-order valence-corrected chi connectivity index (χ3v) is 3.26. The molecule has 0 aliphatic heterocycles. The minimum atomic E-state index is -0.908. The first-order valence-electron chi connectivity index (χ1n) is 6.69. The molecule has 1 atom stereocenters. The topological polar surface area (TPSA) is 61.8 Å². The third-order valence-electron chi connectivity index (χ3n) is 2.89. The molecule has 0 saturated carbocycles. The molecular weight excluding hydrogens is 296 g/mol. The highest BCUT2D eigenvalue weighted by atomic mass is 35.5. The lowest BCUT2D eigenvalue weighted by Crippen LogP contribution is -2.27. The van der Waals surface area contributed by atoms with Gasteiger partial charge in [0.2, 0.25) is 0 Å². The van der Waals surface area contributed by atoms with Crippen LogP contribution in [0.5, 0.6) is 5.75 Å². The molecule has 6 heteroatoms. The Kier molecular flexibility index (Phi) is 7.02. The minimum Gasteiger partial charge on any atom is -0.497 e. The zero-order valence-electron chi connectivity index (χ0n) is 12.3. The maximum atomic E-state index is 11.9. The quantitative estimate of drug-likeness (QED) is 0.572. The summed E-state index contributed by atoms with van der Waals surface area (Å²) in [5, 5.41) is 0.466. The molecule has 1 aromatic rings. The van der Waals surface area contributed by atoms with E-state index in [0.717, 1.165) is 0 Å². The largest absolute Gasteiger partial charge is 0.497 e. The van der Waals surface area contributed by atoms with E-state index in [1.54, 1.807) is 32.0 Å². The SMILES string of the molecule is CCOC(=O)C(CC)C(=O)OCc1cc(OC)ccc1Cl. The van der Waals surface area contributed by atoms with E-state index in [9.17, 15) is 9.59 Å². The van der Waals surface area contributed by atoms with Crippen LogP contribution in [0.2, 0.25) is 5.02 Å².